The number of amides is 1. The number of carboxylic acid groups (broad SMARTS) is 1. The van der Waals surface area contributed by atoms with Gasteiger partial charge in [-0.05, 0) is 31.0 Å². The van der Waals surface area contributed by atoms with Crippen LogP contribution in [0.5, 0.6) is 0 Å². The third kappa shape index (κ3) is 3.32. The molecule has 0 radical (unpaired) electrons. The maximum absolute atomic E-state index is 13.1. The fourth-order valence-electron chi connectivity index (χ4n) is 3.42. The molecule has 1 aliphatic heterocycles. The van der Waals surface area contributed by atoms with E-state index in [0.717, 1.165) is 5.39 Å². The predicted octanol–water partition coefficient (Wildman–Crippen LogP) is 2.84. The van der Waals surface area contributed by atoms with Crippen LogP contribution in [0.4, 0.5) is 0 Å². The van der Waals surface area contributed by atoms with Crippen LogP contribution in [0, 0.1) is 5.41 Å². The first-order valence-corrected chi connectivity index (χ1v) is 8.40. The van der Waals surface area contributed by atoms with Crippen LogP contribution >= 0.6 is 11.6 Å². The number of likely N-dealkylation sites (tertiary alicyclic amines) is 1. The number of fused-ring (bicyclic) bond motifs is 1. The zero-order valence-electron chi connectivity index (χ0n) is 13.9. The van der Waals surface area contributed by atoms with Gasteiger partial charge in [-0.2, -0.15) is 0 Å². The Morgan fingerprint density at radius 1 is 1.44 bits per heavy atom. The molecule has 1 atom stereocenters. The maximum atomic E-state index is 13.1. The monoisotopic (exact) mass is 362 g/mol. The highest BCUT2D eigenvalue weighted by Gasteiger charge is 2.44. The first-order valence-electron chi connectivity index (χ1n) is 8.03. The van der Waals surface area contributed by atoms with E-state index in [-0.39, 0.29) is 19.1 Å². The van der Waals surface area contributed by atoms with Crippen molar-refractivity contribution in [2.75, 3.05) is 26.8 Å². The van der Waals surface area contributed by atoms with Gasteiger partial charge in [-0.15, -0.1) is 0 Å². The van der Waals surface area contributed by atoms with E-state index < -0.39 is 11.4 Å². The van der Waals surface area contributed by atoms with Gasteiger partial charge in [0, 0.05) is 36.8 Å². The topological polar surface area (TPSA) is 79.7 Å². The molecule has 0 bridgehead atoms. The molecule has 7 heteroatoms. The van der Waals surface area contributed by atoms with Crippen molar-refractivity contribution in [3.05, 3.63) is 41.0 Å². The summed E-state index contributed by atoms with van der Waals surface area (Å²) < 4.78 is 5.12. The van der Waals surface area contributed by atoms with E-state index in [1.54, 1.807) is 29.3 Å². The second-order valence-corrected chi connectivity index (χ2v) is 6.81. The Labute approximate surface area is 150 Å². The van der Waals surface area contributed by atoms with Crippen molar-refractivity contribution < 1.29 is 19.4 Å². The molecule has 132 valence electrons. The van der Waals surface area contributed by atoms with Gasteiger partial charge in [-0.3, -0.25) is 14.6 Å². The Balaban J connectivity index is 1.97. The molecule has 25 heavy (non-hydrogen) atoms. The highest BCUT2D eigenvalue weighted by Crippen LogP contribution is 2.32. The SMILES string of the molecule is COCC1(C(=O)O)CCCN(C(=O)c2cc(Cl)cc3cccnc23)C1. The smallest absolute Gasteiger partial charge is 0.313 e. The lowest BCUT2D eigenvalue weighted by Crippen LogP contribution is -2.52. The quantitative estimate of drug-likeness (QED) is 0.904. The second-order valence-electron chi connectivity index (χ2n) is 6.38. The van der Waals surface area contributed by atoms with Crippen LogP contribution in [0.2, 0.25) is 5.02 Å². The predicted molar refractivity (Wildman–Crippen MR) is 93.8 cm³/mol. The zero-order valence-corrected chi connectivity index (χ0v) is 14.6. The fourth-order valence-corrected chi connectivity index (χ4v) is 3.65. The lowest BCUT2D eigenvalue weighted by molar-refractivity contribution is -0.155. The van der Waals surface area contributed by atoms with Gasteiger partial charge in [0.2, 0.25) is 0 Å². The lowest BCUT2D eigenvalue weighted by atomic mass is 9.80. The second kappa shape index (κ2) is 6.98. The first kappa shape index (κ1) is 17.6. The summed E-state index contributed by atoms with van der Waals surface area (Å²) in [4.78, 5) is 30.7. The summed E-state index contributed by atoms with van der Waals surface area (Å²) in [7, 11) is 1.47. The van der Waals surface area contributed by atoms with Crippen molar-refractivity contribution in [1.29, 1.82) is 0 Å². The molecular weight excluding hydrogens is 344 g/mol. The largest absolute Gasteiger partial charge is 0.481 e. The van der Waals surface area contributed by atoms with Gasteiger partial charge in [0.05, 0.1) is 17.7 Å². The lowest BCUT2D eigenvalue weighted by Gasteiger charge is -2.39. The number of aromatic nitrogens is 1. The average molecular weight is 363 g/mol. The number of benzene rings is 1. The number of pyridine rings is 1. The van der Waals surface area contributed by atoms with Gasteiger partial charge in [-0.1, -0.05) is 17.7 Å². The van der Waals surface area contributed by atoms with Crippen LogP contribution in [-0.2, 0) is 9.53 Å². The minimum atomic E-state index is -1.08. The van der Waals surface area contributed by atoms with Crippen molar-refractivity contribution in [2.24, 2.45) is 5.41 Å². The Morgan fingerprint density at radius 2 is 2.24 bits per heavy atom. The minimum Gasteiger partial charge on any atom is -0.481 e. The Kier molecular flexibility index (Phi) is 4.92. The molecule has 0 saturated carbocycles. The molecular formula is C18H19ClN2O4. The summed E-state index contributed by atoms with van der Waals surface area (Å²) in [5.41, 5.74) is -0.123. The van der Waals surface area contributed by atoms with E-state index in [1.165, 1.54) is 7.11 Å². The number of rotatable bonds is 4. The number of methoxy groups -OCH3 is 1. The number of piperidine rings is 1. The molecule has 1 fully saturated rings. The van der Waals surface area contributed by atoms with E-state index in [0.29, 0.717) is 35.5 Å². The van der Waals surface area contributed by atoms with Crippen molar-refractivity contribution in [3.63, 3.8) is 0 Å². The number of carbonyl (C=O) groups is 2. The van der Waals surface area contributed by atoms with E-state index in [9.17, 15) is 14.7 Å². The molecule has 6 nitrogen and oxygen atoms in total. The average Bonchev–Trinajstić information content (AvgIpc) is 2.60. The molecule has 1 aromatic heterocycles. The van der Waals surface area contributed by atoms with E-state index in [1.807, 2.05) is 6.07 Å². The van der Waals surface area contributed by atoms with Crippen LogP contribution in [0.3, 0.4) is 0 Å². The van der Waals surface area contributed by atoms with Crippen LogP contribution in [0.15, 0.2) is 30.5 Å². The molecule has 1 saturated heterocycles. The minimum absolute atomic E-state index is 0.0701. The Hall–Kier alpha value is -2.18. The van der Waals surface area contributed by atoms with Crippen LogP contribution < -0.4 is 0 Å². The Bertz CT molecular complexity index is 822. The number of halogens is 1. The molecule has 2 aromatic rings. The summed E-state index contributed by atoms with van der Waals surface area (Å²) in [6, 6.07) is 6.96. The number of nitrogens with zero attached hydrogens (tertiary/aromatic N) is 2. The van der Waals surface area contributed by atoms with Crippen LogP contribution in [-0.4, -0.2) is 53.7 Å². The van der Waals surface area contributed by atoms with Crippen molar-refractivity contribution in [3.8, 4) is 0 Å². The maximum Gasteiger partial charge on any atom is 0.313 e. The van der Waals surface area contributed by atoms with Crippen molar-refractivity contribution >= 4 is 34.4 Å². The third-order valence-corrected chi connectivity index (χ3v) is 4.86. The van der Waals surface area contributed by atoms with Crippen molar-refractivity contribution in [1.82, 2.24) is 9.88 Å². The molecule has 2 heterocycles. The molecule has 3 rings (SSSR count). The molecule has 1 aliphatic rings. The molecule has 1 amide bonds. The molecule has 0 aliphatic carbocycles. The summed E-state index contributed by atoms with van der Waals surface area (Å²) >= 11 is 6.15. The number of carbonyl (C=O) groups excluding carboxylic acids is 1. The summed E-state index contributed by atoms with van der Waals surface area (Å²) in [6.45, 7) is 0.676. The summed E-state index contributed by atoms with van der Waals surface area (Å²) in [5.74, 6) is -1.20. The van der Waals surface area contributed by atoms with Gasteiger partial charge >= 0.3 is 5.97 Å². The number of hydrogen-bond donors (Lipinski definition) is 1. The summed E-state index contributed by atoms with van der Waals surface area (Å²) in [5, 5.41) is 10.9. The first-order chi connectivity index (χ1) is 12.0. The van der Waals surface area contributed by atoms with E-state index in [2.05, 4.69) is 4.98 Å². The van der Waals surface area contributed by atoms with Gasteiger partial charge in [0.25, 0.3) is 5.91 Å². The van der Waals surface area contributed by atoms with Gasteiger partial charge in [0.15, 0.2) is 0 Å². The Morgan fingerprint density at radius 3 is 2.96 bits per heavy atom. The number of carboxylic acids is 1. The number of ether oxygens (including phenoxy) is 1. The normalized spacial score (nSPS) is 20.6. The zero-order chi connectivity index (χ0) is 18.0. The molecule has 1 unspecified atom stereocenters. The molecule has 0 spiro atoms. The highest BCUT2D eigenvalue weighted by molar-refractivity contribution is 6.32. The molecule has 1 aromatic carbocycles. The number of hydrogen-bond acceptors (Lipinski definition) is 4. The summed E-state index contributed by atoms with van der Waals surface area (Å²) in [6.07, 6.45) is 2.71. The standard InChI is InChI=1S/C18H19ClN2O4/c1-25-11-18(17(23)24)5-3-7-21(10-18)16(22)14-9-13(19)8-12-4-2-6-20-15(12)14/h2,4,6,8-9H,3,5,7,10-11H2,1H3,(H,23,24). The third-order valence-electron chi connectivity index (χ3n) is 4.64. The fraction of sp³-hybridized carbons (Fsp3) is 0.389. The van der Waals surface area contributed by atoms with Crippen LogP contribution in [0.1, 0.15) is 23.2 Å². The van der Waals surface area contributed by atoms with Gasteiger partial charge in [-0.25, -0.2) is 0 Å². The van der Waals surface area contributed by atoms with E-state index in [4.69, 9.17) is 16.3 Å². The van der Waals surface area contributed by atoms with Crippen LogP contribution in [0.25, 0.3) is 10.9 Å². The van der Waals surface area contributed by atoms with Gasteiger partial charge in [0.1, 0.15) is 5.41 Å². The highest BCUT2D eigenvalue weighted by atomic mass is 35.5. The number of aliphatic carboxylic acids is 1. The van der Waals surface area contributed by atoms with Gasteiger partial charge < -0.3 is 14.7 Å². The van der Waals surface area contributed by atoms with Crippen molar-refractivity contribution in [2.45, 2.75) is 12.8 Å². The molecule has 1 N–H and O–H groups in total. The van der Waals surface area contributed by atoms with E-state index >= 15 is 0 Å².